The highest BCUT2D eigenvalue weighted by Gasteiger charge is 2.33. The van der Waals surface area contributed by atoms with Gasteiger partial charge in [-0.2, -0.15) is 5.10 Å². The topological polar surface area (TPSA) is 63.3 Å². The van der Waals surface area contributed by atoms with Gasteiger partial charge in [-0.3, -0.25) is 4.68 Å². The molecule has 1 fully saturated rings. The van der Waals surface area contributed by atoms with E-state index >= 15 is 0 Å². The fourth-order valence-electron chi connectivity index (χ4n) is 2.35. The predicted octanol–water partition coefficient (Wildman–Crippen LogP) is 2.24. The number of carbonyl (C=O) groups is 1. The fraction of sp³-hybridized carbons (Fsp3) is 0.467. The van der Waals surface area contributed by atoms with Crippen LogP contribution in [0.4, 0.5) is 4.79 Å². The van der Waals surface area contributed by atoms with E-state index in [1.54, 1.807) is 12.5 Å². The smallest absolute Gasteiger partial charge is 0.318 e. The van der Waals surface area contributed by atoms with Crippen molar-refractivity contribution >= 4 is 6.03 Å². The lowest BCUT2D eigenvalue weighted by Gasteiger charge is -2.24. The van der Waals surface area contributed by atoms with Crippen LogP contribution in [0.2, 0.25) is 0 Å². The van der Waals surface area contributed by atoms with Crippen molar-refractivity contribution in [2.75, 3.05) is 0 Å². The van der Waals surface area contributed by atoms with Crippen molar-refractivity contribution in [3.05, 3.63) is 42.6 Å². The maximum absolute atomic E-state index is 12.4. The molecule has 112 valence electrons. The Morgan fingerprint density at radius 3 is 3.05 bits per heavy atom. The molecule has 1 unspecified atom stereocenters. The molecule has 0 spiro atoms. The minimum Gasteiger partial charge on any atom is -0.467 e. The molecule has 2 aromatic heterocycles. The van der Waals surface area contributed by atoms with Gasteiger partial charge in [0, 0.05) is 24.5 Å². The predicted molar refractivity (Wildman–Crippen MR) is 77.5 cm³/mol. The average molecular weight is 288 g/mol. The summed E-state index contributed by atoms with van der Waals surface area (Å²) >= 11 is 0. The average Bonchev–Trinajstić information content (AvgIpc) is 2.94. The first kappa shape index (κ1) is 13.7. The third kappa shape index (κ3) is 3.65. The zero-order valence-electron chi connectivity index (χ0n) is 12.1. The number of hydrogen-bond donors (Lipinski definition) is 1. The second-order valence-electron chi connectivity index (χ2n) is 5.52. The highest BCUT2D eigenvalue weighted by Crippen LogP contribution is 2.28. The van der Waals surface area contributed by atoms with Crippen molar-refractivity contribution in [3.8, 4) is 0 Å². The Balaban J connectivity index is 1.56. The quantitative estimate of drug-likeness (QED) is 0.886. The van der Waals surface area contributed by atoms with Crippen molar-refractivity contribution in [3.63, 3.8) is 0 Å². The number of aromatic nitrogens is 2. The van der Waals surface area contributed by atoms with Crippen LogP contribution in [0.1, 0.15) is 25.5 Å². The van der Waals surface area contributed by atoms with Crippen LogP contribution in [0.15, 0.2) is 41.3 Å². The molecule has 3 rings (SSSR count). The summed E-state index contributed by atoms with van der Waals surface area (Å²) in [6, 6.07) is 5.95. The summed E-state index contributed by atoms with van der Waals surface area (Å²) in [5.41, 5.74) is 0. The molecule has 0 bridgehead atoms. The maximum Gasteiger partial charge on any atom is 0.318 e. The van der Waals surface area contributed by atoms with E-state index in [0.717, 1.165) is 18.6 Å². The van der Waals surface area contributed by atoms with E-state index in [9.17, 15) is 4.79 Å². The zero-order valence-corrected chi connectivity index (χ0v) is 12.1. The molecule has 1 saturated carbocycles. The monoisotopic (exact) mass is 288 g/mol. The first-order valence-corrected chi connectivity index (χ1v) is 7.29. The lowest BCUT2D eigenvalue weighted by atomic mass is 10.3. The number of furan rings is 1. The van der Waals surface area contributed by atoms with Gasteiger partial charge in [0.15, 0.2) is 0 Å². The molecule has 0 radical (unpaired) electrons. The van der Waals surface area contributed by atoms with Gasteiger partial charge in [-0.1, -0.05) is 0 Å². The Bertz CT molecular complexity index is 561. The summed E-state index contributed by atoms with van der Waals surface area (Å²) in [6.07, 6.45) is 7.41. The number of nitrogens with one attached hydrogen (secondary N) is 1. The number of rotatable bonds is 6. The molecular formula is C15H20N4O2. The molecule has 1 aliphatic rings. The minimum atomic E-state index is -0.0337. The highest BCUT2D eigenvalue weighted by atomic mass is 16.3. The Morgan fingerprint density at radius 2 is 2.43 bits per heavy atom. The third-order valence-electron chi connectivity index (χ3n) is 3.54. The molecule has 2 heterocycles. The number of amides is 2. The van der Waals surface area contributed by atoms with Crippen LogP contribution in [-0.2, 0) is 13.1 Å². The van der Waals surface area contributed by atoms with E-state index in [0.29, 0.717) is 19.1 Å². The molecule has 6 heteroatoms. The van der Waals surface area contributed by atoms with E-state index in [1.165, 1.54) is 0 Å². The summed E-state index contributed by atoms with van der Waals surface area (Å²) in [7, 11) is 0. The third-order valence-corrected chi connectivity index (χ3v) is 3.54. The second kappa shape index (κ2) is 6.03. The lowest BCUT2D eigenvalue weighted by Crippen LogP contribution is -2.45. The van der Waals surface area contributed by atoms with E-state index in [2.05, 4.69) is 10.4 Å². The highest BCUT2D eigenvalue weighted by molar-refractivity contribution is 5.75. The standard InChI is InChI=1S/C15H20N4O2/c1-12(10-18-8-3-7-16-18)17-15(20)19(13-5-6-13)11-14-4-2-9-21-14/h2-4,7-9,12-13H,5-6,10-11H2,1H3,(H,17,20). The van der Waals surface area contributed by atoms with Gasteiger partial charge in [-0.25, -0.2) is 4.79 Å². The van der Waals surface area contributed by atoms with Crippen molar-refractivity contribution in [1.29, 1.82) is 0 Å². The van der Waals surface area contributed by atoms with E-state index < -0.39 is 0 Å². The summed E-state index contributed by atoms with van der Waals surface area (Å²) in [5, 5.41) is 7.19. The summed E-state index contributed by atoms with van der Waals surface area (Å²) < 4.78 is 7.16. The second-order valence-corrected chi connectivity index (χ2v) is 5.52. The van der Waals surface area contributed by atoms with Gasteiger partial charge < -0.3 is 14.6 Å². The van der Waals surface area contributed by atoms with Crippen LogP contribution < -0.4 is 5.32 Å². The number of carbonyl (C=O) groups excluding carboxylic acids is 1. The molecule has 1 atom stereocenters. The molecular weight excluding hydrogens is 268 g/mol. The molecule has 21 heavy (non-hydrogen) atoms. The first-order valence-electron chi connectivity index (χ1n) is 7.29. The minimum absolute atomic E-state index is 0.0234. The summed E-state index contributed by atoms with van der Waals surface area (Å²) in [6.45, 7) is 3.17. The summed E-state index contributed by atoms with van der Waals surface area (Å²) in [4.78, 5) is 14.3. The van der Waals surface area contributed by atoms with Crippen LogP contribution in [0.25, 0.3) is 0 Å². The first-order chi connectivity index (χ1) is 10.2. The van der Waals surface area contributed by atoms with E-state index in [1.807, 2.05) is 40.9 Å². The van der Waals surface area contributed by atoms with Crippen molar-refractivity contribution < 1.29 is 9.21 Å². The van der Waals surface area contributed by atoms with Crippen LogP contribution >= 0.6 is 0 Å². The Morgan fingerprint density at radius 1 is 1.57 bits per heavy atom. The van der Waals surface area contributed by atoms with Crippen LogP contribution in [0.5, 0.6) is 0 Å². The molecule has 2 aromatic rings. The van der Waals surface area contributed by atoms with Gasteiger partial charge >= 0.3 is 6.03 Å². The fourth-order valence-corrected chi connectivity index (χ4v) is 2.35. The largest absolute Gasteiger partial charge is 0.467 e. The lowest BCUT2D eigenvalue weighted by molar-refractivity contribution is 0.182. The maximum atomic E-state index is 12.4. The summed E-state index contributed by atoms with van der Waals surface area (Å²) in [5.74, 6) is 0.816. The molecule has 6 nitrogen and oxygen atoms in total. The molecule has 0 saturated heterocycles. The number of nitrogens with zero attached hydrogens (tertiary/aromatic N) is 3. The van der Waals surface area contributed by atoms with Gasteiger partial charge in [-0.15, -0.1) is 0 Å². The number of hydrogen-bond acceptors (Lipinski definition) is 3. The Labute approximate surface area is 123 Å². The molecule has 0 aliphatic heterocycles. The molecule has 1 aliphatic carbocycles. The van der Waals surface area contributed by atoms with Gasteiger partial charge in [-0.05, 0) is 38.0 Å². The van der Waals surface area contributed by atoms with Crippen molar-refractivity contribution in [2.24, 2.45) is 0 Å². The van der Waals surface area contributed by atoms with E-state index in [-0.39, 0.29) is 12.1 Å². The van der Waals surface area contributed by atoms with Crippen LogP contribution in [0, 0.1) is 0 Å². The number of urea groups is 1. The normalized spacial score (nSPS) is 15.7. The van der Waals surface area contributed by atoms with Crippen LogP contribution in [0.3, 0.4) is 0 Å². The van der Waals surface area contributed by atoms with E-state index in [4.69, 9.17) is 4.42 Å². The van der Waals surface area contributed by atoms with Gasteiger partial charge in [0.2, 0.25) is 0 Å². The zero-order chi connectivity index (χ0) is 14.7. The SMILES string of the molecule is CC(Cn1cccn1)NC(=O)N(Cc1ccco1)C1CC1. The Kier molecular flexibility index (Phi) is 3.94. The molecule has 2 amide bonds. The van der Waals surface area contributed by atoms with Crippen molar-refractivity contribution in [1.82, 2.24) is 20.0 Å². The van der Waals surface area contributed by atoms with Crippen molar-refractivity contribution in [2.45, 2.75) is 44.9 Å². The van der Waals surface area contributed by atoms with Gasteiger partial charge in [0.1, 0.15) is 5.76 Å². The van der Waals surface area contributed by atoms with Crippen LogP contribution in [-0.4, -0.2) is 32.8 Å². The molecule has 1 N–H and O–H groups in total. The van der Waals surface area contributed by atoms with Gasteiger partial charge in [0.05, 0.1) is 19.4 Å². The molecule has 0 aromatic carbocycles. The van der Waals surface area contributed by atoms with Gasteiger partial charge in [0.25, 0.3) is 0 Å². The Hall–Kier alpha value is -2.24.